The number of anilines is 1. The first-order valence-corrected chi connectivity index (χ1v) is 7.81. The highest BCUT2D eigenvalue weighted by Crippen LogP contribution is 2.31. The van der Waals surface area contributed by atoms with Crippen LogP contribution in [0.15, 0.2) is 34.8 Å². The van der Waals surface area contributed by atoms with Gasteiger partial charge in [-0.3, -0.25) is 0 Å². The Labute approximate surface area is 132 Å². The van der Waals surface area contributed by atoms with Crippen LogP contribution in [0.2, 0.25) is 0 Å². The summed E-state index contributed by atoms with van der Waals surface area (Å²) in [5, 5.41) is 3.45. The maximum Gasteiger partial charge on any atom is 0.137 e. The number of fused-ring (bicyclic) bond motifs is 1. The molecule has 0 aliphatic carbocycles. The van der Waals surface area contributed by atoms with E-state index >= 15 is 0 Å². The number of rotatable bonds is 3. The lowest BCUT2D eigenvalue weighted by Gasteiger charge is -2.18. The van der Waals surface area contributed by atoms with Crippen molar-refractivity contribution in [2.45, 2.75) is 26.3 Å². The van der Waals surface area contributed by atoms with Crippen LogP contribution < -0.4 is 10.1 Å². The summed E-state index contributed by atoms with van der Waals surface area (Å²) < 4.78 is 19.5. The van der Waals surface area contributed by atoms with Gasteiger partial charge in [0.15, 0.2) is 0 Å². The summed E-state index contributed by atoms with van der Waals surface area (Å²) in [7, 11) is 0. The normalized spacial score (nSPS) is 14.5. The minimum absolute atomic E-state index is 0.145. The van der Waals surface area contributed by atoms with Gasteiger partial charge in [0.25, 0.3) is 0 Å². The molecule has 4 heteroatoms. The largest absolute Gasteiger partial charge is 0.493 e. The van der Waals surface area contributed by atoms with Crippen LogP contribution >= 0.6 is 15.9 Å². The topological polar surface area (TPSA) is 21.3 Å². The summed E-state index contributed by atoms with van der Waals surface area (Å²) in [4.78, 5) is 0. The average molecular weight is 350 g/mol. The summed E-state index contributed by atoms with van der Waals surface area (Å²) >= 11 is 3.24. The first-order valence-electron chi connectivity index (χ1n) is 7.02. The predicted octanol–water partition coefficient (Wildman–Crippen LogP) is 5.00. The van der Waals surface area contributed by atoms with Gasteiger partial charge in [0.2, 0.25) is 0 Å². The van der Waals surface area contributed by atoms with E-state index in [1.165, 1.54) is 17.2 Å². The quantitative estimate of drug-likeness (QED) is 0.841. The molecule has 1 N–H and O–H groups in total. The zero-order valence-corrected chi connectivity index (χ0v) is 13.6. The lowest BCUT2D eigenvalue weighted by molar-refractivity contribution is 0.357. The molecule has 1 aliphatic heterocycles. The second kappa shape index (κ2) is 5.68. The zero-order valence-electron chi connectivity index (χ0n) is 12.0. The third-order valence-corrected chi connectivity index (χ3v) is 4.46. The van der Waals surface area contributed by atoms with Crippen LogP contribution in [0.5, 0.6) is 5.75 Å². The lowest BCUT2D eigenvalue weighted by atomic mass is 10.0. The van der Waals surface area contributed by atoms with E-state index in [1.54, 1.807) is 6.07 Å². The lowest BCUT2D eigenvalue weighted by Crippen LogP contribution is -2.08. The number of benzene rings is 2. The highest BCUT2D eigenvalue weighted by molar-refractivity contribution is 9.10. The molecule has 0 amide bonds. The summed E-state index contributed by atoms with van der Waals surface area (Å²) in [6, 6.07) is 9.77. The molecule has 0 saturated heterocycles. The molecule has 1 aliphatic rings. The summed E-state index contributed by atoms with van der Waals surface area (Å²) in [6.45, 7) is 4.78. The van der Waals surface area contributed by atoms with Gasteiger partial charge in [0.1, 0.15) is 11.6 Å². The van der Waals surface area contributed by atoms with Crippen molar-refractivity contribution in [3.8, 4) is 5.75 Å². The molecule has 0 aromatic heterocycles. The van der Waals surface area contributed by atoms with Gasteiger partial charge in [-0.25, -0.2) is 4.39 Å². The van der Waals surface area contributed by atoms with E-state index in [0.717, 1.165) is 30.0 Å². The first-order chi connectivity index (χ1) is 10.0. The van der Waals surface area contributed by atoms with Gasteiger partial charge in [0.05, 0.1) is 11.1 Å². The molecular weight excluding hydrogens is 333 g/mol. The third kappa shape index (κ3) is 2.91. The zero-order chi connectivity index (χ0) is 15.0. The fourth-order valence-corrected chi connectivity index (χ4v) is 2.94. The number of nitrogens with one attached hydrogen (secondary N) is 1. The molecule has 1 atom stereocenters. The Morgan fingerprint density at radius 1 is 1.29 bits per heavy atom. The molecule has 1 heterocycles. The Bertz CT molecular complexity index is 687. The summed E-state index contributed by atoms with van der Waals surface area (Å²) in [5.41, 5.74) is 4.30. The van der Waals surface area contributed by atoms with E-state index < -0.39 is 0 Å². The standard InChI is InChI=1S/C17H17BrFNO/c1-10-7-15(19)14(18)9-16(10)20-11(2)12-3-4-17-13(8-12)5-6-21-17/h3-4,7-9,11,20H,5-6H2,1-2H3. The molecule has 21 heavy (non-hydrogen) atoms. The number of hydrogen-bond donors (Lipinski definition) is 1. The van der Waals surface area contributed by atoms with Gasteiger partial charge in [-0.05, 0) is 70.7 Å². The highest BCUT2D eigenvalue weighted by Gasteiger charge is 2.15. The van der Waals surface area contributed by atoms with Gasteiger partial charge in [0, 0.05) is 18.2 Å². The molecule has 110 valence electrons. The molecule has 0 fully saturated rings. The molecule has 2 nitrogen and oxygen atoms in total. The second-order valence-electron chi connectivity index (χ2n) is 5.41. The van der Waals surface area contributed by atoms with Crippen molar-refractivity contribution >= 4 is 21.6 Å². The van der Waals surface area contributed by atoms with Crippen LogP contribution in [0.4, 0.5) is 10.1 Å². The SMILES string of the molecule is Cc1cc(F)c(Br)cc1NC(C)c1ccc2c(c1)CCO2. The van der Waals surface area contributed by atoms with Crippen LogP contribution in [0.1, 0.15) is 29.7 Å². The van der Waals surface area contributed by atoms with E-state index in [4.69, 9.17) is 4.74 Å². The molecule has 0 saturated carbocycles. The number of ether oxygens (including phenoxy) is 1. The second-order valence-corrected chi connectivity index (χ2v) is 6.27. The Kier molecular flexibility index (Phi) is 3.89. The number of aryl methyl sites for hydroxylation is 1. The fourth-order valence-electron chi connectivity index (χ4n) is 2.59. The van der Waals surface area contributed by atoms with E-state index in [0.29, 0.717) is 4.47 Å². The van der Waals surface area contributed by atoms with Gasteiger partial charge in [-0.2, -0.15) is 0 Å². The van der Waals surface area contributed by atoms with Gasteiger partial charge < -0.3 is 10.1 Å². The molecule has 3 rings (SSSR count). The van der Waals surface area contributed by atoms with Gasteiger partial charge in [-0.15, -0.1) is 0 Å². The maximum absolute atomic E-state index is 13.5. The Morgan fingerprint density at radius 3 is 2.90 bits per heavy atom. The van der Waals surface area contributed by atoms with Crippen LogP contribution in [0.25, 0.3) is 0 Å². The summed E-state index contributed by atoms with van der Waals surface area (Å²) in [5.74, 6) is 0.757. The maximum atomic E-state index is 13.5. The van der Waals surface area contributed by atoms with Crippen LogP contribution in [-0.4, -0.2) is 6.61 Å². The third-order valence-electron chi connectivity index (χ3n) is 3.85. The first kappa shape index (κ1) is 14.4. The van der Waals surface area contributed by atoms with Crippen molar-refractivity contribution in [1.29, 1.82) is 0 Å². The van der Waals surface area contributed by atoms with Crippen molar-refractivity contribution < 1.29 is 9.13 Å². The van der Waals surface area contributed by atoms with Crippen molar-refractivity contribution in [2.24, 2.45) is 0 Å². The molecule has 0 bridgehead atoms. The minimum Gasteiger partial charge on any atom is -0.493 e. The van der Waals surface area contributed by atoms with Crippen molar-refractivity contribution in [2.75, 3.05) is 11.9 Å². The molecule has 1 unspecified atom stereocenters. The summed E-state index contributed by atoms with van der Waals surface area (Å²) in [6.07, 6.45) is 0.969. The van der Waals surface area contributed by atoms with Gasteiger partial charge >= 0.3 is 0 Å². The fraction of sp³-hybridized carbons (Fsp3) is 0.294. The van der Waals surface area contributed by atoms with E-state index in [9.17, 15) is 4.39 Å². The van der Waals surface area contributed by atoms with Crippen molar-refractivity contribution in [3.05, 3.63) is 57.3 Å². The highest BCUT2D eigenvalue weighted by atomic mass is 79.9. The minimum atomic E-state index is -0.236. The van der Waals surface area contributed by atoms with Crippen molar-refractivity contribution in [3.63, 3.8) is 0 Å². The van der Waals surface area contributed by atoms with E-state index in [-0.39, 0.29) is 11.9 Å². The van der Waals surface area contributed by atoms with Crippen LogP contribution in [-0.2, 0) is 6.42 Å². The van der Waals surface area contributed by atoms with Crippen LogP contribution in [0.3, 0.4) is 0 Å². The van der Waals surface area contributed by atoms with E-state index in [1.807, 2.05) is 13.0 Å². The van der Waals surface area contributed by atoms with Crippen molar-refractivity contribution in [1.82, 2.24) is 0 Å². The Hall–Kier alpha value is -1.55. The van der Waals surface area contributed by atoms with E-state index in [2.05, 4.69) is 40.3 Å². The van der Waals surface area contributed by atoms with Gasteiger partial charge in [-0.1, -0.05) is 6.07 Å². The average Bonchev–Trinajstić information content (AvgIpc) is 2.92. The monoisotopic (exact) mass is 349 g/mol. The predicted molar refractivity (Wildman–Crippen MR) is 86.5 cm³/mol. The smallest absolute Gasteiger partial charge is 0.137 e. The number of halogens is 2. The van der Waals surface area contributed by atoms with Crippen LogP contribution in [0, 0.1) is 12.7 Å². The number of hydrogen-bond acceptors (Lipinski definition) is 2. The molecule has 0 spiro atoms. The Balaban J connectivity index is 1.83. The molecular formula is C17H17BrFNO. The molecule has 2 aromatic rings. The molecule has 2 aromatic carbocycles. The molecule has 0 radical (unpaired) electrons. The Morgan fingerprint density at radius 2 is 2.10 bits per heavy atom.